The summed E-state index contributed by atoms with van der Waals surface area (Å²) < 4.78 is 11.1. The van der Waals surface area contributed by atoms with Crippen LogP contribution in [0.2, 0.25) is 0 Å². The van der Waals surface area contributed by atoms with Gasteiger partial charge in [-0.15, -0.1) is 0 Å². The van der Waals surface area contributed by atoms with Crippen molar-refractivity contribution in [1.29, 1.82) is 0 Å². The van der Waals surface area contributed by atoms with E-state index in [1.807, 2.05) is 18.2 Å². The SMILES string of the molecule is COc1ccc2c(c1)CC/C(=C/c1cc(O)c(OC)cc1Br)C2=O. The molecule has 0 atom stereocenters. The average Bonchev–Trinajstić information content (AvgIpc) is 2.59. The summed E-state index contributed by atoms with van der Waals surface area (Å²) in [5.74, 6) is 1.20. The fraction of sp³-hybridized carbons (Fsp3) is 0.211. The van der Waals surface area contributed by atoms with Crippen LogP contribution in [0.4, 0.5) is 0 Å². The number of carbonyl (C=O) groups is 1. The van der Waals surface area contributed by atoms with Crippen molar-refractivity contribution in [2.45, 2.75) is 12.8 Å². The second-order valence-electron chi connectivity index (χ2n) is 5.57. The Morgan fingerprint density at radius 2 is 1.92 bits per heavy atom. The lowest BCUT2D eigenvalue weighted by molar-refractivity contribution is 0.102. The number of phenols is 1. The minimum atomic E-state index is 0.0149. The summed E-state index contributed by atoms with van der Waals surface area (Å²) in [6.07, 6.45) is 3.25. The van der Waals surface area contributed by atoms with E-state index in [0.29, 0.717) is 17.7 Å². The Balaban J connectivity index is 1.97. The standard InChI is InChI=1S/C19H17BrO4/c1-23-14-5-6-15-11(8-14)3-4-12(19(15)22)7-13-9-17(21)18(24-2)10-16(13)20/h5-10,21H,3-4H2,1-2H3/b12-7-. The number of benzene rings is 2. The van der Waals surface area contributed by atoms with Gasteiger partial charge < -0.3 is 14.6 Å². The predicted octanol–water partition coefficient (Wildman–Crippen LogP) is 4.38. The number of allylic oxidation sites excluding steroid dienone is 1. The van der Waals surface area contributed by atoms with Gasteiger partial charge in [0.05, 0.1) is 14.2 Å². The summed E-state index contributed by atoms with van der Waals surface area (Å²) in [4.78, 5) is 12.7. The number of halogens is 1. The molecule has 3 rings (SSSR count). The first kappa shape index (κ1) is 16.6. The van der Waals surface area contributed by atoms with Crippen molar-refractivity contribution in [2.75, 3.05) is 14.2 Å². The van der Waals surface area contributed by atoms with E-state index in [4.69, 9.17) is 9.47 Å². The van der Waals surface area contributed by atoms with Crippen molar-refractivity contribution in [3.05, 3.63) is 57.1 Å². The maximum Gasteiger partial charge on any atom is 0.189 e. The predicted molar refractivity (Wildman–Crippen MR) is 96.0 cm³/mol. The molecule has 0 aromatic heterocycles. The molecule has 0 bridgehead atoms. The highest BCUT2D eigenvalue weighted by Gasteiger charge is 2.22. The van der Waals surface area contributed by atoms with Crippen molar-refractivity contribution in [3.8, 4) is 17.2 Å². The normalized spacial score (nSPS) is 15.3. The summed E-state index contributed by atoms with van der Waals surface area (Å²) in [5, 5.41) is 9.95. The third-order valence-corrected chi connectivity index (χ3v) is 4.83. The average molecular weight is 389 g/mol. The first-order valence-electron chi connectivity index (χ1n) is 7.52. The van der Waals surface area contributed by atoms with Crippen LogP contribution in [-0.2, 0) is 6.42 Å². The van der Waals surface area contributed by atoms with Crippen LogP contribution in [0.15, 0.2) is 40.4 Å². The van der Waals surface area contributed by atoms with Gasteiger partial charge >= 0.3 is 0 Å². The minimum absolute atomic E-state index is 0.0149. The van der Waals surface area contributed by atoms with Crippen LogP contribution >= 0.6 is 15.9 Å². The van der Waals surface area contributed by atoms with E-state index < -0.39 is 0 Å². The van der Waals surface area contributed by atoms with E-state index in [2.05, 4.69) is 15.9 Å². The second-order valence-corrected chi connectivity index (χ2v) is 6.42. The molecule has 0 saturated heterocycles. The molecule has 1 N–H and O–H groups in total. The van der Waals surface area contributed by atoms with Crippen LogP contribution in [0.3, 0.4) is 0 Å². The largest absolute Gasteiger partial charge is 0.504 e. The van der Waals surface area contributed by atoms with E-state index in [0.717, 1.165) is 33.3 Å². The van der Waals surface area contributed by atoms with E-state index in [-0.39, 0.29) is 11.5 Å². The number of ether oxygens (including phenoxy) is 2. The Morgan fingerprint density at radius 1 is 1.12 bits per heavy atom. The number of fused-ring (bicyclic) bond motifs is 1. The Bertz CT molecular complexity index is 840. The fourth-order valence-corrected chi connectivity index (χ4v) is 3.28. The van der Waals surface area contributed by atoms with Gasteiger partial charge in [-0.3, -0.25) is 4.79 Å². The maximum absolute atomic E-state index is 12.7. The molecule has 0 heterocycles. The summed E-state index contributed by atoms with van der Waals surface area (Å²) in [6, 6.07) is 8.80. The van der Waals surface area contributed by atoms with Gasteiger partial charge in [-0.25, -0.2) is 0 Å². The monoisotopic (exact) mass is 388 g/mol. The van der Waals surface area contributed by atoms with Crippen LogP contribution in [0.1, 0.15) is 27.9 Å². The molecule has 1 aliphatic rings. The highest BCUT2D eigenvalue weighted by atomic mass is 79.9. The Morgan fingerprint density at radius 3 is 2.62 bits per heavy atom. The molecule has 0 aliphatic heterocycles. The first-order chi connectivity index (χ1) is 11.5. The van der Waals surface area contributed by atoms with Gasteiger partial charge in [0.25, 0.3) is 0 Å². The van der Waals surface area contributed by atoms with Gasteiger partial charge in [-0.1, -0.05) is 15.9 Å². The van der Waals surface area contributed by atoms with Crippen molar-refractivity contribution < 1.29 is 19.4 Å². The molecule has 0 saturated carbocycles. The Hall–Kier alpha value is -2.27. The summed E-state index contributed by atoms with van der Waals surface area (Å²) in [5.41, 5.74) is 3.18. The van der Waals surface area contributed by atoms with Crippen LogP contribution in [0, 0.1) is 0 Å². The second kappa shape index (κ2) is 6.69. The number of phenolic OH excluding ortho intramolecular Hbond substituents is 1. The molecule has 2 aromatic rings. The molecule has 24 heavy (non-hydrogen) atoms. The van der Waals surface area contributed by atoms with Crippen LogP contribution in [0.25, 0.3) is 6.08 Å². The molecular formula is C19H17BrO4. The lowest BCUT2D eigenvalue weighted by Crippen LogP contribution is -2.14. The Kier molecular flexibility index (Phi) is 4.62. The van der Waals surface area contributed by atoms with Crippen molar-refractivity contribution in [2.24, 2.45) is 0 Å². The van der Waals surface area contributed by atoms with E-state index >= 15 is 0 Å². The molecule has 5 heteroatoms. The van der Waals surface area contributed by atoms with Crippen LogP contribution in [-0.4, -0.2) is 25.1 Å². The zero-order valence-corrected chi connectivity index (χ0v) is 15.0. The number of carbonyl (C=O) groups excluding carboxylic acids is 1. The summed E-state index contributed by atoms with van der Waals surface area (Å²) in [7, 11) is 3.11. The molecule has 0 spiro atoms. The van der Waals surface area contributed by atoms with Gasteiger partial charge in [0, 0.05) is 15.6 Å². The van der Waals surface area contributed by atoms with E-state index in [1.54, 1.807) is 25.3 Å². The molecule has 0 amide bonds. The molecular weight excluding hydrogens is 372 g/mol. The lowest BCUT2D eigenvalue weighted by atomic mass is 9.86. The summed E-state index contributed by atoms with van der Waals surface area (Å²) in [6.45, 7) is 0. The van der Waals surface area contributed by atoms with Gasteiger partial charge in [-0.05, 0) is 60.4 Å². The van der Waals surface area contributed by atoms with Gasteiger partial charge in [0.15, 0.2) is 17.3 Å². The molecule has 1 aliphatic carbocycles. The number of hydrogen-bond acceptors (Lipinski definition) is 4. The molecule has 4 nitrogen and oxygen atoms in total. The van der Waals surface area contributed by atoms with Crippen LogP contribution in [0.5, 0.6) is 17.2 Å². The Labute approximate surface area is 148 Å². The summed E-state index contributed by atoms with van der Waals surface area (Å²) >= 11 is 3.46. The first-order valence-corrected chi connectivity index (χ1v) is 8.31. The highest BCUT2D eigenvalue weighted by molar-refractivity contribution is 9.10. The van der Waals surface area contributed by atoms with Crippen molar-refractivity contribution >= 4 is 27.8 Å². The number of hydrogen-bond donors (Lipinski definition) is 1. The number of aryl methyl sites for hydroxylation is 1. The smallest absolute Gasteiger partial charge is 0.189 e. The number of methoxy groups -OCH3 is 2. The lowest BCUT2D eigenvalue weighted by Gasteiger charge is -2.18. The van der Waals surface area contributed by atoms with Gasteiger partial charge in [-0.2, -0.15) is 0 Å². The molecule has 2 aromatic carbocycles. The minimum Gasteiger partial charge on any atom is -0.504 e. The topological polar surface area (TPSA) is 55.8 Å². The zero-order valence-electron chi connectivity index (χ0n) is 13.4. The van der Waals surface area contributed by atoms with Gasteiger partial charge in [0.2, 0.25) is 0 Å². The number of ketones is 1. The molecule has 0 fully saturated rings. The fourth-order valence-electron chi connectivity index (χ4n) is 2.84. The third-order valence-electron chi connectivity index (χ3n) is 4.14. The molecule has 124 valence electrons. The van der Waals surface area contributed by atoms with Crippen molar-refractivity contribution in [1.82, 2.24) is 0 Å². The maximum atomic E-state index is 12.7. The van der Waals surface area contributed by atoms with E-state index in [9.17, 15) is 9.90 Å². The van der Waals surface area contributed by atoms with Crippen molar-refractivity contribution in [3.63, 3.8) is 0 Å². The number of rotatable bonds is 3. The third kappa shape index (κ3) is 3.04. The number of Topliss-reactive ketones (excluding diaryl/α,β-unsaturated/α-hetero) is 1. The number of aromatic hydroxyl groups is 1. The zero-order chi connectivity index (χ0) is 17.3. The quantitative estimate of drug-likeness (QED) is 0.792. The van der Waals surface area contributed by atoms with Crippen LogP contribution < -0.4 is 9.47 Å². The van der Waals surface area contributed by atoms with E-state index in [1.165, 1.54) is 7.11 Å². The highest BCUT2D eigenvalue weighted by Crippen LogP contribution is 2.35. The van der Waals surface area contributed by atoms with Gasteiger partial charge in [0.1, 0.15) is 5.75 Å². The molecule has 0 radical (unpaired) electrons. The molecule has 0 unspecified atom stereocenters.